The number of ether oxygens (including phenoxy) is 1. The van der Waals surface area contributed by atoms with Crippen LogP contribution in [0.15, 0.2) is 24.3 Å². The molecule has 2 nitrogen and oxygen atoms in total. The van der Waals surface area contributed by atoms with Crippen LogP contribution in [0, 0.1) is 0 Å². The maximum Gasteiger partial charge on any atom is 0.119 e. The number of hydrogen-bond donors (Lipinski definition) is 1. The van der Waals surface area contributed by atoms with Gasteiger partial charge in [0.15, 0.2) is 0 Å². The van der Waals surface area contributed by atoms with Crippen molar-refractivity contribution in [1.29, 1.82) is 0 Å². The first-order chi connectivity index (χ1) is 9.52. The topological polar surface area (TPSA) is 21.3 Å². The molecule has 1 N–H and O–H groups in total. The second-order valence-electron chi connectivity index (χ2n) is 6.02. The molecule has 1 aromatic carbocycles. The lowest BCUT2D eigenvalue weighted by molar-refractivity contribution is 0.242. The summed E-state index contributed by atoms with van der Waals surface area (Å²) in [6.45, 7) is 10.9. The Labute approximate surface area is 124 Å². The SMILES string of the molecule is CCCCCC(C)NC(C)c1ccc(OC(C)C)cc1. The predicted octanol–water partition coefficient (Wildman–Crippen LogP) is 5.09. The Balaban J connectivity index is 2.44. The van der Waals surface area contributed by atoms with Gasteiger partial charge in [-0.05, 0) is 51.8 Å². The molecule has 0 aromatic heterocycles. The molecule has 0 amide bonds. The first kappa shape index (κ1) is 17.0. The molecule has 0 saturated carbocycles. The molecule has 0 aliphatic carbocycles. The van der Waals surface area contributed by atoms with Gasteiger partial charge in [0, 0.05) is 12.1 Å². The molecule has 1 rings (SSSR count). The molecule has 0 aliphatic heterocycles. The van der Waals surface area contributed by atoms with Crippen LogP contribution >= 0.6 is 0 Å². The quantitative estimate of drug-likeness (QED) is 0.635. The average molecular weight is 277 g/mol. The van der Waals surface area contributed by atoms with Crippen LogP contribution in [0.25, 0.3) is 0 Å². The van der Waals surface area contributed by atoms with Crippen LogP contribution < -0.4 is 10.1 Å². The zero-order valence-corrected chi connectivity index (χ0v) is 13.8. The largest absolute Gasteiger partial charge is 0.491 e. The van der Waals surface area contributed by atoms with E-state index in [-0.39, 0.29) is 6.10 Å². The molecule has 114 valence electrons. The Kier molecular flexibility index (Phi) is 7.68. The second-order valence-corrected chi connectivity index (χ2v) is 6.02. The molecule has 0 spiro atoms. The monoisotopic (exact) mass is 277 g/mol. The number of unbranched alkanes of at least 4 members (excludes halogenated alkanes) is 2. The van der Waals surface area contributed by atoms with Crippen molar-refractivity contribution in [2.24, 2.45) is 0 Å². The summed E-state index contributed by atoms with van der Waals surface area (Å²) in [4.78, 5) is 0. The smallest absolute Gasteiger partial charge is 0.119 e. The van der Waals surface area contributed by atoms with Gasteiger partial charge >= 0.3 is 0 Å². The molecule has 1 aromatic rings. The van der Waals surface area contributed by atoms with Crippen molar-refractivity contribution >= 4 is 0 Å². The minimum Gasteiger partial charge on any atom is -0.491 e. The first-order valence-corrected chi connectivity index (χ1v) is 8.05. The van der Waals surface area contributed by atoms with Crippen molar-refractivity contribution in [3.05, 3.63) is 29.8 Å². The third kappa shape index (κ3) is 6.42. The first-order valence-electron chi connectivity index (χ1n) is 8.05. The molecular weight excluding hydrogens is 246 g/mol. The van der Waals surface area contributed by atoms with Crippen LogP contribution in [0.5, 0.6) is 5.75 Å². The van der Waals surface area contributed by atoms with E-state index in [0.29, 0.717) is 12.1 Å². The molecule has 0 radical (unpaired) electrons. The molecule has 0 bridgehead atoms. The third-order valence-electron chi connectivity index (χ3n) is 3.53. The fourth-order valence-corrected chi connectivity index (χ4v) is 2.41. The lowest BCUT2D eigenvalue weighted by atomic mass is 10.1. The van der Waals surface area contributed by atoms with Gasteiger partial charge < -0.3 is 10.1 Å². The summed E-state index contributed by atoms with van der Waals surface area (Å²) >= 11 is 0. The molecule has 2 atom stereocenters. The van der Waals surface area contributed by atoms with Crippen LogP contribution in [-0.2, 0) is 0 Å². The molecule has 0 fully saturated rings. The van der Waals surface area contributed by atoms with E-state index in [2.05, 4.69) is 64.2 Å². The van der Waals surface area contributed by atoms with Gasteiger partial charge in [0.25, 0.3) is 0 Å². The molecule has 2 heteroatoms. The fourth-order valence-electron chi connectivity index (χ4n) is 2.41. The van der Waals surface area contributed by atoms with Crippen molar-refractivity contribution in [1.82, 2.24) is 5.32 Å². The van der Waals surface area contributed by atoms with Crippen molar-refractivity contribution in [3.8, 4) is 5.75 Å². The minimum absolute atomic E-state index is 0.231. The maximum atomic E-state index is 5.68. The highest BCUT2D eigenvalue weighted by Gasteiger charge is 2.09. The zero-order valence-electron chi connectivity index (χ0n) is 13.8. The van der Waals surface area contributed by atoms with Gasteiger partial charge in [-0.1, -0.05) is 38.3 Å². The van der Waals surface area contributed by atoms with Gasteiger partial charge in [-0.15, -0.1) is 0 Å². The van der Waals surface area contributed by atoms with Gasteiger partial charge in [-0.3, -0.25) is 0 Å². The number of hydrogen-bond acceptors (Lipinski definition) is 2. The van der Waals surface area contributed by atoms with Crippen LogP contribution in [0.4, 0.5) is 0 Å². The van der Waals surface area contributed by atoms with E-state index >= 15 is 0 Å². The third-order valence-corrected chi connectivity index (χ3v) is 3.53. The summed E-state index contributed by atoms with van der Waals surface area (Å²) < 4.78 is 5.68. The van der Waals surface area contributed by atoms with E-state index in [1.807, 2.05) is 0 Å². The van der Waals surface area contributed by atoms with Crippen molar-refractivity contribution < 1.29 is 4.74 Å². The van der Waals surface area contributed by atoms with E-state index in [0.717, 1.165) is 5.75 Å². The van der Waals surface area contributed by atoms with Crippen LogP contribution in [-0.4, -0.2) is 12.1 Å². The fraction of sp³-hybridized carbons (Fsp3) is 0.667. The van der Waals surface area contributed by atoms with E-state index in [1.54, 1.807) is 0 Å². The zero-order chi connectivity index (χ0) is 15.0. The highest BCUT2D eigenvalue weighted by atomic mass is 16.5. The highest BCUT2D eigenvalue weighted by Crippen LogP contribution is 2.19. The molecule has 0 heterocycles. The summed E-state index contributed by atoms with van der Waals surface area (Å²) in [5.74, 6) is 0.951. The molecule has 2 unspecified atom stereocenters. The molecule has 0 saturated heterocycles. The van der Waals surface area contributed by atoms with E-state index in [1.165, 1.54) is 31.2 Å². The van der Waals surface area contributed by atoms with Crippen molar-refractivity contribution in [2.75, 3.05) is 0 Å². The Morgan fingerprint density at radius 2 is 1.65 bits per heavy atom. The maximum absolute atomic E-state index is 5.68. The summed E-state index contributed by atoms with van der Waals surface area (Å²) in [6, 6.07) is 9.41. The summed E-state index contributed by atoms with van der Waals surface area (Å²) in [6.07, 6.45) is 5.43. The van der Waals surface area contributed by atoms with Crippen LogP contribution in [0.1, 0.15) is 71.9 Å². The van der Waals surface area contributed by atoms with Crippen molar-refractivity contribution in [2.45, 2.75) is 78.5 Å². The normalized spacial score (nSPS) is 14.3. The van der Waals surface area contributed by atoms with Gasteiger partial charge in [0.2, 0.25) is 0 Å². The highest BCUT2D eigenvalue weighted by molar-refractivity contribution is 5.29. The Bertz CT molecular complexity index is 358. The standard InChI is InChI=1S/C18H31NO/c1-6-7-8-9-15(4)19-16(5)17-10-12-18(13-11-17)20-14(2)3/h10-16,19H,6-9H2,1-5H3. The number of rotatable bonds is 9. The Hall–Kier alpha value is -1.02. The Morgan fingerprint density at radius 3 is 2.20 bits per heavy atom. The molecule has 20 heavy (non-hydrogen) atoms. The lowest BCUT2D eigenvalue weighted by Crippen LogP contribution is -2.28. The van der Waals surface area contributed by atoms with Crippen LogP contribution in [0.2, 0.25) is 0 Å². The predicted molar refractivity (Wildman–Crippen MR) is 87.4 cm³/mol. The lowest BCUT2D eigenvalue weighted by Gasteiger charge is -2.21. The summed E-state index contributed by atoms with van der Waals surface area (Å²) in [5, 5.41) is 3.67. The van der Waals surface area contributed by atoms with Crippen LogP contribution in [0.3, 0.4) is 0 Å². The summed E-state index contributed by atoms with van der Waals surface area (Å²) in [5.41, 5.74) is 1.32. The van der Waals surface area contributed by atoms with E-state index in [9.17, 15) is 0 Å². The van der Waals surface area contributed by atoms with Gasteiger partial charge in [0.1, 0.15) is 5.75 Å². The van der Waals surface area contributed by atoms with Crippen molar-refractivity contribution in [3.63, 3.8) is 0 Å². The summed E-state index contributed by atoms with van der Waals surface area (Å²) in [7, 11) is 0. The number of nitrogens with one attached hydrogen (secondary N) is 1. The Morgan fingerprint density at radius 1 is 1.00 bits per heavy atom. The second kappa shape index (κ2) is 9.02. The van der Waals surface area contributed by atoms with E-state index < -0.39 is 0 Å². The minimum atomic E-state index is 0.231. The number of benzene rings is 1. The van der Waals surface area contributed by atoms with Gasteiger partial charge in [0.05, 0.1) is 6.10 Å². The van der Waals surface area contributed by atoms with E-state index in [4.69, 9.17) is 4.74 Å². The molecular formula is C18H31NO. The van der Waals surface area contributed by atoms with Gasteiger partial charge in [-0.25, -0.2) is 0 Å². The molecule has 0 aliphatic rings. The average Bonchev–Trinajstić information content (AvgIpc) is 2.39. The van der Waals surface area contributed by atoms with Gasteiger partial charge in [-0.2, -0.15) is 0 Å².